The molecule has 12 heteroatoms. The summed E-state index contributed by atoms with van der Waals surface area (Å²) < 4.78 is 0. The minimum absolute atomic E-state index is 0.336. The fraction of sp³-hybridized carbons (Fsp3) is 0.750. The van der Waals surface area contributed by atoms with Gasteiger partial charge in [-0.15, -0.1) is 0 Å². The number of nitrogens with zero attached hydrogens (tertiary/aromatic N) is 1. The molecule has 182 valence electrons. The summed E-state index contributed by atoms with van der Waals surface area (Å²) in [5.41, 5.74) is 11.4. The van der Waals surface area contributed by atoms with Crippen LogP contribution in [0.25, 0.3) is 0 Å². The first kappa shape index (κ1) is 27.3. The van der Waals surface area contributed by atoms with Crippen molar-refractivity contribution in [1.82, 2.24) is 15.5 Å². The number of nitrogens with two attached hydrogens (primary N) is 2. The van der Waals surface area contributed by atoms with Gasteiger partial charge in [-0.1, -0.05) is 20.3 Å². The number of rotatable bonds is 13. The number of aliphatic carboxylic acids is 2. The van der Waals surface area contributed by atoms with Gasteiger partial charge in [0.1, 0.15) is 18.1 Å². The molecule has 12 nitrogen and oxygen atoms in total. The molecule has 1 fully saturated rings. The summed E-state index contributed by atoms with van der Waals surface area (Å²) in [4.78, 5) is 61.7. The molecule has 0 aromatic heterocycles. The Morgan fingerprint density at radius 2 is 1.75 bits per heavy atom. The van der Waals surface area contributed by atoms with Crippen LogP contribution in [0.4, 0.5) is 0 Å². The second-order valence-corrected chi connectivity index (χ2v) is 8.31. The molecule has 1 aliphatic heterocycles. The summed E-state index contributed by atoms with van der Waals surface area (Å²) in [6.07, 6.45) is 2.12. The van der Waals surface area contributed by atoms with E-state index >= 15 is 0 Å². The molecule has 0 aromatic rings. The average molecular weight is 458 g/mol. The van der Waals surface area contributed by atoms with E-state index in [0.717, 1.165) is 6.42 Å². The van der Waals surface area contributed by atoms with Crippen LogP contribution < -0.4 is 22.1 Å². The van der Waals surface area contributed by atoms with Crippen LogP contribution in [0.1, 0.15) is 52.4 Å². The number of carboxylic acid groups (broad SMARTS) is 2. The lowest BCUT2D eigenvalue weighted by molar-refractivity contribution is -0.147. The van der Waals surface area contributed by atoms with E-state index in [1.165, 1.54) is 4.90 Å². The summed E-state index contributed by atoms with van der Waals surface area (Å²) in [6, 6.07) is -4.26. The molecule has 1 rings (SSSR count). The van der Waals surface area contributed by atoms with Gasteiger partial charge in [-0.3, -0.25) is 19.2 Å². The fourth-order valence-corrected chi connectivity index (χ4v) is 3.57. The minimum Gasteiger partial charge on any atom is -0.481 e. The third-order valence-electron chi connectivity index (χ3n) is 5.37. The Bertz CT molecular complexity index is 700. The highest BCUT2D eigenvalue weighted by molar-refractivity contribution is 5.95. The van der Waals surface area contributed by atoms with Gasteiger partial charge in [-0.2, -0.15) is 0 Å². The number of unbranched alkanes of at least 4 members (excludes halogenated alkanes) is 1. The molecular weight excluding hydrogens is 422 g/mol. The molecule has 4 atom stereocenters. The minimum atomic E-state index is -1.63. The van der Waals surface area contributed by atoms with E-state index in [1.54, 1.807) is 13.8 Å². The van der Waals surface area contributed by atoms with E-state index < -0.39 is 60.3 Å². The Morgan fingerprint density at radius 3 is 2.28 bits per heavy atom. The first-order valence-corrected chi connectivity index (χ1v) is 10.8. The van der Waals surface area contributed by atoms with Gasteiger partial charge in [-0.25, -0.2) is 4.79 Å². The SMILES string of the molecule is CC(C)C(NC(=O)C1CCCN1C(=O)C(N)CCCCN)C(=O)NC(CC(=O)O)C(=O)O. The van der Waals surface area contributed by atoms with Crippen molar-refractivity contribution in [2.75, 3.05) is 13.1 Å². The van der Waals surface area contributed by atoms with Crippen molar-refractivity contribution in [2.24, 2.45) is 17.4 Å². The van der Waals surface area contributed by atoms with E-state index in [4.69, 9.17) is 21.7 Å². The van der Waals surface area contributed by atoms with Crippen molar-refractivity contribution >= 4 is 29.7 Å². The molecule has 0 aliphatic carbocycles. The molecule has 8 N–H and O–H groups in total. The normalized spacial score (nSPS) is 18.7. The van der Waals surface area contributed by atoms with Crippen molar-refractivity contribution < 1.29 is 34.2 Å². The number of likely N-dealkylation sites (tertiary alicyclic amines) is 1. The van der Waals surface area contributed by atoms with Crippen LogP contribution >= 0.6 is 0 Å². The van der Waals surface area contributed by atoms with Gasteiger partial charge in [-0.05, 0) is 38.1 Å². The maximum atomic E-state index is 12.9. The first-order valence-electron chi connectivity index (χ1n) is 10.8. The van der Waals surface area contributed by atoms with E-state index in [2.05, 4.69) is 10.6 Å². The van der Waals surface area contributed by atoms with Crippen LogP contribution in [0.2, 0.25) is 0 Å². The Kier molecular flexibility index (Phi) is 11.1. The van der Waals surface area contributed by atoms with Crippen LogP contribution in [0.3, 0.4) is 0 Å². The summed E-state index contributed by atoms with van der Waals surface area (Å²) in [5.74, 6) is -4.98. The Labute approximate surface area is 187 Å². The van der Waals surface area contributed by atoms with Gasteiger partial charge in [0, 0.05) is 6.54 Å². The zero-order valence-electron chi connectivity index (χ0n) is 18.6. The third-order valence-corrected chi connectivity index (χ3v) is 5.37. The highest BCUT2D eigenvalue weighted by Gasteiger charge is 2.38. The van der Waals surface area contributed by atoms with Gasteiger partial charge >= 0.3 is 11.9 Å². The number of carbonyl (C=O) groups is 5. The molecule has 0 aromatic carbocycles. The van der Waals surface area contributed by atoms with Crippen molar-refractivity contribution in [3.8, 4) is 0 Å². The number of carboxylic acids is 2. The Hall–Kier alpha value is -2.73. The standard InChI is InChI=1S/C20H35N5O7/c1-11(2)16(18(29)23-13(20(31)32)10-15(26)27)24-17(28)14-7-5-9-25(14)19(30)12(22)6-3-4-8-21/h11-14,16H,3-10,21-22H2,1-2H3,(H,23,29)(H,24,28)(H,26,27)(H,31,32). The molecule has 0 radical (unpaired) electrons. The zero-order valence-corrected chi connectivity index (χ0v) is 18.6. The van der Waals surface area contributed by atoms with Crippen molar-refractivity contribution in [3.63, 3.8) is 0 Å². The molecule has 1 aliphatic rings. The predicted octanol–water partition coefficient (Wildman–Crippen LogP) is -1.38. The monoisotopic (exact) mass is 457 g/mol. The van der Waals surface area contributed by atoms with Crippen LogP contribution in [-0.2, 0) is 24.0 Å². The molecule has 1 saturated heterocycles. The van der Waals surface area contributed by atoms with Gasteiger partial charge in [0.2, 0.25) is 17.7 Å². The predicted molar refractivity (Wildman–Crippen MR) is 114 cm³/mol. The van der Waals surface area contributed by atoms with Crippen LogP contribution in [0.5, 0.6) is 0 Å². The van der Waals surface area contributed by atoms with E-state index in [9.17, 15) is 24.0 Å². The second-order valence-electron chi connectivity index (χ2n) is 8.31. The lowest BCUT2D eigenvalue weighted by atomic mass is 10.0. The van der Waals surface area contributed by atoms with Crippen molar-refractivity contribution in [1.29, 1.82) is 0 Å². The Morgan fingerprint density at radius 1 is 1.09 bits per heavy atom. The third kappa shape index (κ3) is 8.08. The first-order chi connectivity index (χ1) is 15.0. The van der Waals surface area contributed by atoms with Gasteiger partial charge in [0.25, 0.3) is 0 Å². The van der Waals surface area contributed by atoms with Crippen molar-refractivity contribution in [3.05, 3.63) is 0 Å². The molecule has 3 amide bonds. The van der Waals surface area contributed by atoms with Gasteiger partial charge in [0.05, 0.1) is 12.5 Å². The van der Waals surface area contributed by atoms with Gasteiger partial charge in [0.15, 0.2) is 0 Å². The lowest BCUT2D eigenvalue weighted by Gasteiger charge is -2.29. The van der Waals surface area contributed by atoms with Crippen molar-refractivity contribution in [2.45, 2.75) is 76.5 Å². The summed E-state index contributed by atoms with van der Waals surface area (Å²) in [7, 11) is 0. The highest BCUT2D eigenvalue weighted by Crippen LogP contribution is 2.20. The lowest BCUT2D eigenvalue weighted by Crippen LogP contribution is -2.58. The smallest absolute Gasteiger partial charge is 0.326 e. The maximum Gasteiger partial charge on any atom is 0.326 e. The van der Waals surface area contributed by atoms with E-state index in [1.807, 2.05) is 0 Å². The quantitative estimate of drug-likeness (QED) is 0.180. The number of hydrogen-bond donors (Lipinski definition) is 6. The molecule has 4 unspecified atom stereocenters. The van der Waals surface area contributed by atoms with Crippen LogP contribution in [0, 0.1) is 5.92 Å². The number of amides is 3. The largest absolute Gasteiger partial charge is 0.481 e. The number of hydrogen-bond acceptors (Lipinski definition) is 7. The molecule has 0 spiro atoms. The number of carbonyl (C=O) groups excluding carboxylic acids is 3. The highest BCUT2D eigenvalue weighted by atomic mass is 16.4. The van der Waals surface area contributed by atoms with Crippen LogP contribution in [-0.4, -0.2) is 82.0 Å². The summed E-state index contributed by atoms with van der Waals surface area (Å²) in [6.45, 7) is 4.19. The molecule has 1 heterocycles. The fourth-order valence-electron chi connectivity index (χ4n) is 3.57. The molecule has 32 heavy (non-hydrogen) atoms. The summed E-state index contributed by atoms with van der Waals surface area (Å²) >= 11 is 0. The van der Waals surface area contributed by atoms with Crippen LogP contribution in [0.15, 0.2) is 0 Å². The topological polar surface area (TPSA) is 205 Å². The molecular formula is C20H35N5O7. The second kappa shape index (κ2) is 13.0. The maximum absolute atomic E-state index is 12.9. The number of nitrogens with one attached hydrogen (secondary N) is 2. The average Bonchev–Trinajstić information content (AvgIpc) is 3.20. The molecule has 0 saturated carbocycles. The Balaban J connectivity index is 2.83. The molecule has 0 bridgehead atoms. The summed E-state index contributed by atoms with van der Waals surface area (Å²) in [5, 5.41) is 22.7. The zero-order chi connectivity index (χ0) is 24.4. The van der Waals surface area contributed by atoms with E-state index in [0.29, 0.717) is 38.8 Å². The van der Waals surface area contributed by atoms with E-state index in [-0.39, 0.29) is 5.91 Å². The van der Waals surface area contributed by atoms with Gasteiger partial charge < -0.3 is 37.2 Å².